The molecule has 0 aromatic carbocycles. The van der Waals surface area contributed by atoms with E-state index in [1.807, 2.05) is 0 Å². The molecule has 4 aromatic heterocycles. The van der Waals surface area contributed by atoms with Crippen LogP contribution in [0.3, 0.4) is 0 Å². The summed E-state index contributed by atoms with van der Waals surface area (Å²) in [6.07, 6.45) is 23.5. The first-order valence-corrected chi connectivity index (χ1v) is 21.7. The summed E-state index contributed by atoms with van der Waals surface area (Å²) in [6.45, 7) is 13.9. The first kappa shape index (κ1) is 34.8. The summed E-state index contributed by atoms with van der Waals surface area (Å²) in [5, 5.41) is 0. The van der Waals surface area contributed by atoms with Crippen LogP contribution in [-0.2, 0) is 19.3 Å². The van der Waals surface area contributed by atoms with E-state index in [9.17, 15) is 0 Å². The van der Waals surface area contributed by atoms with Crippen molar-refractivity contribution in [1.29, 1.82) is 0 Å². The Kier molecular flexibility index (Phi) is 8.57. The molecule has 12 rings (SSSR count). The number of fused-ring (bicyclic) bond motifs is 13. The van der Waals surface area contributed by atoms with Crippen molar-refractivity contribution >= 4 is 55.4 Å². The molecule has 6 heterocycles. The summed E-state index contributed by atoms with van der Waals surface area (Å²) in [4.78, 5) is 23.3. The minimum absolute atomic E-state index is 0.411. The van der Waals surface area contributed by atoms with Crippen LogP contribution in [0.1, 0.15) is 160 Å². The van der Waals surface area contributed by atoms with Gasteiger partial charge in [0.15, 0.2) is 0 Å². The highest BCUT2D eigenvalue weighted by Crippen LogP contribution is 2.55. The Labute approximate surface area is 326 Å². The minimum atomic E-state index is 0.411. The molecule has 5 heteroatoms. The Hall–Kier alpha value is -4.64. The van der Waals surface area contributed by atoms with Gasteiger partial charge in [-0.2, -0.15) is 0 Å². The first-order chi connectivity index (χ1) is 26.9. The van der Waals surface area contributed by atoms with E-state index in [1.165, 1.54) is 133 Å². The number of nitrogens with one attached hydrogen (secondary N) is 3. The van der Waals surface area contributed by atoms with Crippen LogP contribution in [0.25, 0.3) is 55.4 Å². The third-order valence-corrected chi connectivity index (χ3v) is 14.1. The number of nitrogens with zero attached hydrogens (tertiary/aromatic N) is 2. The van der Waals surface area contributed by atoms with E-state index in [0.717, 1.165) is 55.6 Å². The van der Waals surface area contributed by atoms with Gasteiger partial charge in [0.25, 0.3) is 0 Å². The van der Waals surface area contributed by atoms with Gasteiger partial charge in [0.1, 0.15) is 0 Å². The molecule has 55 heavy (non-hydrogen) atoms. The Morgan fingerprint density at radius 3 is 1.84 bits per heavy atom. The smallest absolute Gasteiger partial charge is 0.0916 e. The van der Waals surface area contributed by atoms with Crippen molar-refractivity contribution < 1.29 is 0 Å². The average Bonchev–Trinajstić information content (AvgIpc) is 4.01. The molecule has 2 aliphatic heterocycles. The molecule has 282 valence electrons. The lowest BCUT2D eigenvalue weighted by molar-refractivity contribution is 0.557. The van der Waals surface area contributed by atoms with Gasteiger partial charge in [0.2, 0.25) is 0 Å². The third-order valence-electron chi connectivity index (χ3n) is 14.1. The van der Waals surface area contributed by atoms with Crippen LogP contribution in [-0.4, -0.2) is 24.9 Å². The maximum absolute atomic E-state index is 5.72. The summed E-state index contributed by atoms with van der Waals surface area (Å²) < 4.78 is 0. The molecule has 0 saturated heterocycles. The van der Waals surface area contributed by atoms with Crippen LogP contribution >= 0.6 is 0 Å². The van der Waals surface area contributed by atoms with E-state index in [0.29, 0.717) is 23.7 Å². The number of allylic oxidation sites excluding steroid dienone is 8. The fourth-order valence-corrected chi connectivity index (χ4v) is 11.2. The van der Waals surface area contributed by atoms with Crippen LogP contribution in [0.5, 0.6) is 0 Å². The molecule has 3 N–H and O–H groups in total. The number of rotatable bonds is 8. The predicted octanol–water partition coefficient (Wildman–Crippen LogP) is 13.3. The SMILES string of the molecule is CCCCC1=C(C)c2cc3nc(c4[nH]c(cc5[nH]c(cc6[nH]c(cc1n2)c(CC)c6CC)c(CCCC)c5C)c1c4C2C=CC1CC2)C1=C3C2C=CC1CC2. The molecular weight excluding hydrogens is 671 g/mol. The van der Waals surface area contributed by atoms with E-state index < -0.39 is 0 Å². The predicted molar refractivity (Wildman–Crippen MR) is 232 cm³/mol. The van der Waals surface area contributed by atoms with Crippen molar-refractivity contribution in [3.63, 3.8) is 0 Å². The maximum Gasteiger partial charge on any atom is 0.0916 e. The molecule has 6 aliphatic carbocycles. The average molecular weight is 728 g/mol. The highest BCUT2D eigenvalue weighted by Gasteiger charge is 2.40. The van der Waals surface area contributed by atoms with Crippen molar-refractivity contribution in [3.8, 4) is 0 Å². The Morgan fingerprint density at radius 2 is 1.15 bits per heavy atom. The van der Waals surface area contributed by atoms with Crippen molar-refractivity contribution in [2.24, 2.45) is 11.8 Å². The normalized spacial score (nSPS) is 22.0. The zero-order valence-corrected chi connectivity index (χ0v) is 33.8. The van der Waals surface area contributed by atoms with Crippen LogP contribution in [0.4, 0.5) is 0 Å². The van der Waals surface area contributed by atoms with Gasteiger partial charge >= 0.3 is 0 Å². The number of aromatic nitrogens is 5. The van der Waals surface area contributed by atoms with Gasteiger partial charge in [0, 0.05) is 51.3 Å². The zero-order chi connectivity index (χ0) is 37.5. The van der Waals surface area contributed by atoms with Crippen molar-refractivity contribution in [2.75, 3.05) is 0 Å². The molecule has 0 spiro atoms. The summed E-state index contributed by atoms with van der Waals surface area (Å²) in [7, 11) is 0. The molecule has 0 radical (unpaired) electrons. The molecule has 14 bridgehead atoms. The maximum atomic E-state index is 5.72. The molecule has 0 saturated carbocycles. The second-order valence-electron chi connectivity index (χ2n) is 17.2. The molecule has 8 aliphatic rings. The van der Waals surface area contributed by atoms with E-state index in [4.69, 9.17) is 9.97 Å². The molecule has 5 nitrogen and oxygen atoms in total. The Morgan fingerprint density at radius 1 is 0.545 bits per heavy atom. The Balaban J connectivity index is 1.37. The van der Waals surface area contributed by atoms with Crippen LogP contribution < -0.4 is 0 Å². The monoisotopic (exact) mass is 727 g/mol. The third kappa shape index (κ3) is 5.39. The van der Waals surface area contributed by atoms with Crippen molar-refractivity contribution in [2.45, 2.75) is 130 Å². The summed E-state index contributed by atoms with van der Waals surface area (Å²) >= 11 is 0. The number of unbranched alkanes of at least 4 members (excludes halogenated alkanes) is 2. The van der Waals surface area contributed by atoms with Gasteiger partial charge in [-0.05, 0) is 158 Å². The van der Waals surface area contributed by atoms with Crippen LogP contribution in [0.2, 0.25) is 0 Å². The largest absolute Gasteiger partial charge is 0.355 e. The van der Waals surface area contributed by atoms with Gasteiger partial charge in [-0.15, -0.1) is 0 Å². The second kappa shape index (κ2) is 13.5. The van der Waals surface area contributed by atoms with Crippen molar-refractivity contribution in [1.82, 2.24) is 24.9 Å². The van der Waals surface area contributed by atoms with Crippen molar-refractivity contribution in [3.05, 3.63) is 105 Å². The fourth-order valence-electron chi connectivity index (χ4n) is 11.2. The molecular formula is C50H57N5. The molecule has 0 fully saturated rings. The number of aromatic amines is 3. The zero-order valence-electron chi connectivity index (χ0n) is 33.8. The highest BCUT2D eigenvalue weighted by atomic mass is 14.8. The van der Waals surface area contributed by atoms with E-state index in [1.54, 1.807) is 0 Å². The standard InChI is InChI=1S/C50H57N5/c1-7-11-13-35-27(5)37-23-43-45-29-15-19-31(20-16-29)47(45)49(54-43)50-48-32-21-17-30(18-22-32)46(48)44(55-50)24-38-28(6)36(14-12-8-2)42(52-38)26-40-34(10-4)33(9-3)39(53-40)25-41(35)51-37/h15,17,19,21,23-26,29-32,51,53-54H,7-14,16,18,20,22H2,1-6H3. The Bertz CT molecular complexity index is 2590. The van der Waals surface area contributed by atoms with Crippen LogP contribution in [0.15, 0.2) is 48.6 Å². The second-order valence-corrected chi connectivity index (χ2v) is 17.2. The summed E-state index contributed by atoms with van der Waals surface area (Å²) in [5.41, 5.74) is 26.2. The topological polar surface area (TPSA) is 73.2 Å². The minimum Gasteiger partial charge on any atom is -0.355 e. The lowest BCUT2D eigenvalue weighted by Crippen LogP contribution is -2.19. The molecule has 4 atom stereocenters. The number of hydrogen-bond donors (Lipinski definition) is 3. The fraction of sp³-hybridized carbons (Fsp3) is 0.440. The van der Waals surface area contributed by atoms with E-state index in [2.05, 4.69) is 105 Å². The van der Waals surface area contributed by atoms with E-state index in [-0.39, 0.29) is 0 Å². The summed E-state index contributed by atoms with van der Waals surface area (Å²) in [6, 6.07) is 9.60. The van der Waals surface area contributed by atoms with Gasteiger partial charge in [-0.3, -0.25) is 0 Å². The lowest BCUT2D eigenvalue weighted by Gasteiger charge is -2.33. The molecule has 4 aromatic rings. The first-order valence-electron chi connectivity index (χ1n) is 21.7. The van der Waals surface area contributed by atoms with Gasteiger partial charge in [-0.25, -0.2) is 9.97 Å². The molecule has 4 unspecified atom stereocenters. The molecule has 0 amide bonds. The van der Waals surface area contributed by atoms with Gasteiger partial charge < -0.3 is 15.0 Å². The number of hydrogen-bond acceptors (Lipinski definition) is 2. The van der Waals surface area contributed by atoms with Gasteiger partial charge in [0.05, 0.1) is 28.3 Å². The van der Waals surface area contributed by atoms with E-state index >= 15 is 0 Å². The number of aryl methyl sites for hydroxylation is 4. The summed E-state index contributed by atoms with van der Waals surface area (Å²) in [5.74, 6) is 1.69. The number of H-pyrrole nitrogens is 3. The highest BCUT2D eigenvalue weighted by molar-refractivity contribution is 6.03. The lowest BCUT2D eigenvalue weighted by atomic mass is 9.69. The quantitative estimate of drug-likeness (QED) is 0.158. The van der Waals surface area contributed by atoms with Gasteiger partial charge in [-0.1, -0.05) is 64.8 Å². The van der Waals surface area contributed by atoms with Crippen LogP contribution in [0, 0.1) is 18.8 Å².